The molecule has 1 heterocycles. The average Bonchev–Trinajstić information content (AvgIpc) is 2.28. The van der Waals surface area contributed by atoms with E-state index in [0.29, 0.717) is 11.6 Å². The van der Waals surface area contributed by atoms with Crippen LogP contribution in [0.25, 0.3) is 11.4 Å². The van der Waals surface area contributed by atoms with Gasteiger partial charge in [-0.1, -0.05) is 12.1 Å². The van der Waals surface area contributed by atoms with Crippen molar-refractivity contribution in [2.45, 2.75) is 6.92 Å². The smallest absolute Gasteiger partial charge is 0.161 e. The molecular weight excluding hydrogens is 204 g/mol. The van der Waals surface area contributed by atoms with E-state index in [-0.39, 0.29) is 5.75 Å². The van der Waals surface area contributed by atoms with Crippen molar-refractivity contribution in [1.82, 2.24) is 9.97 Å². The third-order valence-corrected chi connectivity index (χ3v) is 2.11. The normalized spacial score (nSPS) is 10.1. The molecular formula is C11H12N4O. The van der Waals surface area contributed by atoms with Crippen molar-refractivity contribution in [2.75, 3.05) is 5.43 Å². The molecule has 2 aromatic rings. The van der Waals surface area contributed by atoms with E-state index in [1.807, 2.05) is 13.0 Å². The molecule has 0 bridgehead atoms. The van der Waals surface area contributed by atoms with E-state index < -0.39 is 0 Å². The number of nitrogens with one attached hydrogen (secondary N) is 1. The zero-order valence-corrected chi connectivity index (χ0v) is 8.81. The summed E-state index contributed by atoms with van der Waals surface area (Å²) in [5, 5.41) is 9.37. The Morgan fingerprint density at radius 3 is 2.75 bits per heavy atom. The number of anilines is 1. The van der Waals surface area contributed by atoms with Crippen LogP contribution in [-0.4, -0.2) is 15.1 Å². The molecule has 0 atom stereocenters. The van der Waals surface area contributed by atoms with Crippen LogP contribution in [0.3, 0.4) is 0 Å². The first-order valence-electron chi connectivity index (χ1n) is 4.81. The van der Waals surface area contributed by atoms with Crippen molar-refractivity contribution in [3.05, 3.63) is 36.0 Å². The van der Waals surface area contributed by atoms with Crippen LogP contribution >= 0.6 is 0 Å². The second kappa shape index (κ2) is 4.16. The Morgan fingerprint density at radius 2 is 2.06 bits per heavy atom. The van der Waals surface area contributed by atoms with Gasteiger partial charge in [0.05, 0.1) is 0 Å². The van der Waals surface area contributed by atoms with Crippen LogP contribution in [0.4, 0.5) is 5.82 Å². The van der Waals surface area contributed by atoms with E-state index in [0.717, 1.165) is 11.3 Å². The van der Waals surface area contributed by atoms with Gasteiger partial charge in [0, 0.05) is 17.3 Å². The molecule has 1 aromatic heterocycles. The lowest BCUT2D eigenvalue weighted by atomic mass is 10.2. The fourth-order valence-corrected chi connectivity index (χ4v) is 1.42. The summed E-state index contributed by atoms with van der Waals surface area (Å²) in [6.07, 6.45) is 0. The lowest BCUT2D eigenvalue weighted by Gasteiger charge is -2.05. The summed E-state index contributed by atoms with van der Waals surface area (Å²) in [6.45, 7) is 1.86. The highest BCUT2D eigenvalue weighted by atomic mass is 16.3. The minimum absolute atomic E-state index is 0.185. The number of hydrogen-bond donors (Lipinski definition) is 3. The maximum absolute atomic E-state index is 9.37. The summed E-state index contributed by atoms with van der Waals surface area (Å²) < 4.78 is 0. The van der Waals surface area contributed by atoms with Gasteiger partial charge in [0.15, 0.2) is 5.82 Å². The van der Waals surface area contributed by atoms with Crippen LogP contribution in [0.2, 0.25) is 0 Å². The van der Waals surface area contributed by atoms with Crippen molar-refractivity contribution < 1.29 is 5.11 Å². The number of phenols is 1. The van der Waals surface area contributed by atoms with E-state index in [9.17, 15) is 5.11 Å². The maximum atomic E-state index is 9.37. The third kappa shape index (κ3) is 2.09. The fraction of sp³-hybridized carbons (Fsp3) is 0.0909. The zero-order valence-electron chi connectivity index (χ0n) is 8.81. The number of benzene rings is 1. The second-order valence-electron chi connectivity index (χ2n) is 3.41. The summed E-state index contributed by atoms with van der Waals surface area (Å²) in [5.74, 6) is 6.57. The molecule has 0 saturated carbocycles. The van der Waals surface area contributed by atoms with Crippen molar-refractivity contribution >= 4 is 5.82 Å². The predicted octanol–water partition coefficient (Wildman–Crippen LogP) is 1.44. The molecule has 0 aliphatic rings. The molecule has 5 nitrogen and oxygen atoms in total. The number of aromatic nitrogens is 2. The summed E-state index contributed by atoms with van der Waals surface area (Å²) in [7, 11) is 0. The van der Waals surface area contributed by atoms with Crippen molar-refractivity contribution in [2.24, 2.45) is 5.84 Å². The first kappa shape index (κ1) is 10.4. The van der Waals surface area contributed by atoms with Gasteiger partial charge in [-0.05, 0) is 19.1 Å². The number of hydrazine groups is 1. The molecule has 0 saturated heterocycles. The molecule has 0 aliphatic heterocycles. The Bertz CT molecular complexity index is 513. The molecule has 0 spiro atoms. The van der Waals surface area contributed by atoms with Gasteiger partial charge in [-0.15, -0.1) is 0 Å². The molecule has 0 amide bonds. The molecule has 0 fully saturated rings. The molecule has 1 aromatic carbocycles. The van der Waals surface area contributed by atoms with Crippen LogP contribution in [0, 0.1) is 6.92 Å². The summed E-state index contributed by atoms with van der Waals surface area (Å²) in [4.78, 5) is 8.48. The number of nitrogen functional groups attached to an aromatic ring is 1. The van der Waals surface area contributed by atoms with Crippen LogP contribution < -0.4 is 11.3 Å². The van der Waals surface area contributed by atoms with Crippen LogP contribution in [0.15, 0.2) is 30.3 Å². The largest absolute Gasteiger partial charge is 0.508 e. The number of aromatic hydroxyl groups is 1. The molecule has 16 heavy (non-hydrogen) atoms. The topological polar surface area (TPSA) is 84.1 Å². The molecule has 82 valence electrons. The molecule has 0 aliphatic carbocycles. The van der Waals surface area contributed by atoms with Gasteiger partial charge in [-0.25, -0.2) is 15.8 Å². The number of phenolic OH excluding ortho intramolecular Hbond substituents is 1. The maximum Gasteiger partial charge on any atom is 0.161 e. The highest BCUT2D eigenvalue weighted by Crippen LogP contribution is 2.21. The summed E-state index contributed by atoms with van der Waals surface area (Å²) >= 11 is 0. The van der Waals surface area contributed by atoms with Gasteiger partial charge in [0.25, 0.3) is 0 Å². The van der Waals surface area contributed by atoms with Gasteiger partial charge < -0.3 is 10.5 Å². The lowest BCUT2D eigenvalue weighted by Crippen LogP contribution is -2.09. The zero-order chi connectivity index (χ0) is 11.5. The van der Waals surface area contributed by atoms with E-state index >= 15 is 0 Å². The highest BCUT2D eigenvalue weighted by Gasteiger charge is 2.04. The molecule has 2 rings (SSSR count). The van der Waals surface area contributed by atoms with Gasteiger partial charge in [0.1, 0.15) is 11.6 Å². The molecule has 5 heteroatoms. The fourth-order valence-electron chi connectivity index (χ4n) is 1.42. The number of nitrogens with two attached hydrogens (primary N) is 1. The van der Waals surface area contributed by atoms with Gasteiger partial charge in [0.2, 0.25) is 0 Å². The molecule has 0 radical (unpaired) electrons. The van der Waals surface area contributed by atoms with Crippen molar-refractivity contribution in [3.63, 3.8) is 0 Å². The Hall–Kier alpha value is -2.14. The minimum atomic E-state index is 0.185. The second-order valence-corrected chi connectivity index (χ2v) is 3.41. The number of hydrogen-bond acceptors (Lipinski definition) is 5. The summed E-state index contributed by atoms with van der Waals surface area (Å²) in [5.41, 5.74) is 4.04. The molecule has 4 N–H and O–H groups in total. The number of rotatable bonds is 2. The van der Waals surface area contributed by atoms with Crippen molar-refractivity contribution in [3.8, 4) is 17.1 Å². The van der Waals surface area contributed by atoms with E-state index in [4.69, 9.17) is 5.84 Å². The van der Waals surface area contributed by atoms with Gasteiger partial charge >= 0.3 is 0 Å². The van der Waals surface area contributed by atoms with Crippen LogP contribution in [0.5, 0.6) is 5.75 Å². The first-order valence-corrected chi connectivity index (χ1v) is 4.81. The van der Waals surface area contributed by atoms with Gasteiger partial charge in [-0.2, -0.15) is 0 Å². The minimum Gasteiger partial charge on any atom is -0.508 e. The van der Waals surface area contributed by atoms with Crippen LogP contribution in [0.1, 0.15) is 5.69 Å². The number of aryl methyl sites for hydroxylation is 1. The average molecular weight is 216 g/mol. The van der Waals surface area contributed by atoms with Gasteiger partial charge in [-0.3, -0.25) is 0 Å². The monoisotopic (exact) mass is 216 g/mol. The van der Waals surface area contributed by atoms with E-state index in [1.165, 1.54) is 0 Å². The Morgan fingerprint density at radius 1 is 1.25 bits per heavy atom. The Kier molecular flexibility index (Phi) is 2.70. The van der Waals surface area contributed by atoms with E-state index in [1.54, 1.807) is 24.3 Å². The highest BCUT2D eigenvalue weighted by molar-refractivity contribution is 5.59. The quantitative estimate of drug-likeness (QED) is 0.522. The van der Waals surface area contributed by atoms with E-state index in [2.05, 4.69) is 15.4 Å². The Balaban J connectivity index is 2.51. The Labute approximate surface area is 92.9 Å². The first-order chi connectivity index (χ1) is 7.69. The summed E-state index contributed by atoms with van der Waals surface area (Å²) in [6, 6.07) is 8.52. The SMILES string of the molecule is Cc1cc(NN)nc(-c2cccc(O)c2)n1. The van der Waals surface area contributed by atoms with Crippen LogP contribution in [-0.2, 0) is 0 Å². The number of nitrogens with zero attached hydrogens (tertiary/aromatic N) is 2. The lowest BCUT2D eigenvalue weighted by molar-refractivity contribution is 0.475. The van der Waals surface area contributed by atoms with Crippen molar-refractivity contribution in [1.29, 1.82) is 0 Å². The predicted molar refractivity (Wildman–Crippen MR) is 61.7 cm³/mol. The third-order valence-electron chi connectivity index (χ3n) is 2.11. The standard InChI is InChI=1S/C11H12N4O/c1-7-5-10(15-12)14-11(13-7)8-3-2-4-9(16)6-8/h2-6,16H,12H2,1H3,(H,13,14,15). The molecule has 0 unspecified atom stereocenters.